The largest absolute Gasteiger partial charge is 0.465 e. The Labute approximate surface area is 143 Å². The van der Waals surface area contributed by atoms with Crippen LogP contribution in [0.25, 0.3) is 10.8 Å². The second-order valence-electron chi connectivity index (χ2n) is 5.13. The Morgan fingerprint density at radius 1 is 0.840 bits per heavy atom. The van der Waals surface area contributed by atoms with Crippen LogP contribution in [0.15, 0.2) is 48.5 Å². The maximum absolute atomic E-state index is 11.8. The van der Waals surface area contributed by atoms with Crippen molar-refractivity contribution in [1.82, 2.24) is 10.2 Å². The van der Waals surface area contributed by atoms with Gasteiger partial charge in [-0.05, 0) is 24.3 Å². The molecule has 0 aliphatic heterocycles. The third-order valence-corrected chi connectivity index (χ3v) is 3.63. The molecule has 3 rings (SSSR count). The van der Waals surface area contributed by atoms with Gasteiger partial charge in [-0.25, -0.2) is 9.59 Å². The van der Waals surface area contributed by atoms with Gasteiger partial charge in [0, 0.05) is 16.5 Å². The summed E-state index contributed by atoms with van der Waals surface area (Å²) in [5.41, 5.74) is 1.33. The van der Waals surface area contributed by atoms with E-state index in [0.29, 0.717) is 16.8 Å². The highest BCUT2D eigenvalue weighted by Gasteiger charge is 2.16. The highest BCUT2D eigenvalue weighted by Crippen LogP contribution is 2.26. The van der Waals surface area contributed by atoms with Crippen molar-refractivity contribution < 1.29 is 19.1 Å². The second-order valence-corrected chi connectivity index (χ2v) is 5.13. The number of fused-ring (bicyclic) bond motifs is 1. The molecule has 126 valence electrons. The molecule has 0 radical (unpaired) electrons. The van der Waals surface area contributed by atoms with Crippen LogP contribution in [0, 0.1) is 0 Å². The first-order valence-corrected chi connectivity index (χ1v) is 7.43. The molecule has 25 heavy (non-hydrogen) atoms. The Morgan fingerprint density at radius 2 is 1.48 bits per heavy atom. The Balaban J connectivity index is 1.97. The van der Waals surface area contributed by atoms with E-state index >= 15 is 0 Å². The molecule has 0 spiro atoms. The van der Waals surface area contributed by atoms with Crippen LogP contribution < -0.4 is 5.32 Å². The SMILES string of the molecule is COC(=O)c1ccc(Nc2nnc(C(=O)OC)c3ccccc23)cc1. The molecular weight excluding hydrogens is 322 g/mol. The summed E-state index contributed by atoms with van der Waals surface area (Å²) in [5.74, 6) is -0.453. The molecule has 1 heterocycles. The lowest BCUT2D eigenvalue weighted by molar-refractivity contribution is 0.0589. The van der Waals surface area contributed by atoms with E-state index in [2.05, 4.69) is 20.3 Å². The van der Waals surface area contributed by atoms with E-state index in [1.807, 2.05) is 18.2 Å². The summed E-state index contributed by atoms with van der Waals surface area (Å²) in [6.07, 6.45) is 0. The number of carbonyl (C=O) groups is 2. The number of esters is 2. The maximum Gasteiger partial charge on any atom is 0.359 e. The van der Waals surface area contributed by atoms with Gasteiger partial charge in [-0.2, -0.15) is 0 Å². The number of carbonyl (C=O) groups excluding carboxylic acids is 2. The van der Waals surface area contributed by atoms with Crippen LogP contribution in [0.2, 0.25) is 0 Å². The van der Waals surface area contributed by atoms with E-state index < -0.39 is 11.9 Å². The molecular formula is C18H15N3O4. The molecule has 1 N–H and O–H groups in total. The summed E-state index contributed by atoms with van der Waals surface area (Å²) in [4.78, 5) is 23.3. The fourth-order valence-corrected chi connectivity index (χ4v) is 2.39. The summed E-state index contributed by atoms with van der Waals surface area (Å²) in [7, 11) is 2.63. The molecule has 0 atom stereocenters. The third kappa shape index (κ3) is 3.25. The average Bonchev–Trinajstić information content (AvgIpc) is 2.67. The molecule has 0 saturated heterocycles. The minimum atomic E-state index is -0.544. The molecule has 0 saturated carbocycles. The Kier molecular flexibility index (Phi) is 4.56. The fraction of sp³-hybridized carbons (Fsp3) is 0.111. The number of nitrogens with one attached hydrogen (secondary N) is 1. The van der Waals surface area contributed by atoms with Gasteiger partial charge in [0.15, 0.2) is 11.5 Å². The van der Waals surface area contributed by atoms with Gasteiger partial charge in [0.05, 0.1) is 19.8 Å². The van der Waals surface area contributed by atoms with Gasteiger partial charge in [-0.1, -0.05) is 24.3 Å². The van der Waals surface area contributed by atoms with Crippen LogP contribution >= 0.6 is 0 Å². The van der Waals surface area contributed by atoms with Gasteiger partial charge in [-0.3, -0.25) is 0 Å². The zero-order valence-electron chi connectivity index (χ0n) is 13.6. The lowest BCUT2D eigenvalue weighted by atomic mass is 10.1. The van der Waals surface area contributed by atoms with Gasteiger partial charge < -0.3 is 14.8 Å². The first-order valence-electron chi connectivity index (χ1n) is 7.43. The molecule has 3 aromatic rings. The summed E-state index contributed by atoms with van der Waals surface area (Å²) in [5, 5.41) is 12.6. The zero-order chi connectivity index (χ0) is 17.8. The molecule has 0 aliphatic rings. The highest BCUT2D eigenvalue weighted by molar-refractivity contribution is 6.05. The Morgan fingerprint density at radius 3 is 2.12 bits per heavy atom. The van der Waals surface area contributed by atoms with Gasteiger partial charge in [0.1, 0.15) is 0 Å². The smallest absolute Gasteiger partial charge is 0.359 e. The highest BCUT2D eigenvalue weighted by atomic mass is 16.5. The lowest BCUT2D eigenvalue weighted by Crippen LogP contribution is -2.08. The molecule has 2 aromatic carbocycles. The number of hydrogen-bond donors (Lipinski definition) is 1. The fourth-order valence-electron chi connectivity index (χ4n) is 2.39. The van der Waals surface area contributed by atoms with Gasteiger partial charge in [-0.15, -0.1) is 10.2 Å². The number of anilines is 2. The van der Waals surface area contributed by atoms with Crippen molar-refractivity contribution in [1.29, 1.82) is 0 Å². The van der Waals surface area contributed by atoms with E-state index in [9.17, 15) is 9.59 Å². The lowest BCUT2D eigenvalue weighted by Gasteiger charge is -2.10. The number of rotatable bonds is 4. The summed E-state index contributed by atoms with van der Waals surface area (Å²) >= 11 is 0. The number of aromatic nitrogens is 2. The Bertz CT molecular complexity index is 939. The van der Waals surface area contributed by atoms with Gasteiger partial charge in [0.2, 0.25) is 0 Å². The van der Waals surface area contributed by atoms with E-state index in [-0.39, 0.29) is 5.69 Å². The van der Waals surface area contributed by atoms with Crippen molar-refractivity contribution in [3.63, 3.8) is 0 Å². The van der Waals surface area contributed by atoms with Crippen LogP contribution in [0.4, 0.5) is 11.5 Å². The van der Waals surface area contributed by atoms with Crippen LogP contribution in [0.1, 0.15) is 20.8 Å². The van der Waals surface area contributed by atoms with Gasteiger partial charge >= 0.3 is 11.9 Å². The quantitative estimate of drug-likeness (QED) is 0.732. The monoisotopic (exact) mass is 337 g/mol. The topological polar surface area (TPSA) is 90.4 Å². The van der Waals surface area contributed by atoms with E-state index in [0.717, 1.165) is 11.1 Å². The van der Waals surface area contributed by atoms with Crippen molar-refractivity contribution >= 4 is 34.2 Å². The van der Waals surface area contributed by atoms with E-state index in [4.69, 9.17) is 4.74 Å². The van der Waals surface area contributed by atoms with Crippen molar-refractivity contribution in [3.8, 4) is 0 Å². The average molecular weight is 337 g/mol. The number of hydrogen-bond acceptors (Lipinski definition) is 7. The van der Waals surface area contributed by atoms with Crippen molar-refractivity contribution in [3.05, 3.63) is 59.8 Å². The van der Waals surface area contributed by atoms with Crippen LogP contribution in [0.5, 0.6) is 0 Å². The molecule has 0 amide bonds. The maximum atomic E-state index is 11.8. The minimum absolute atomic E-state index is 0.157. The third-order valence-electron chi connectivity index (χ3n) is 3.63. The van der Waals surface area contributed by atoms with Crippen LogP contribution in [-0.2, 0) is 9.47 Å². The molecule has 0 aliphatic carbocycles. The first kappa shape index (κ1) is 16.4. The Hall–Kier alpha value is -3.48. The number of ether oxygens (including phenoxy) is 2. The van der Waals surface area contributed by atoms with Crippen molar-refractivity contribution in [2.75, 3.05) is 19.5 Å². The van der Waals surface area contributed by atoms with E-state index in [1.54, 1.807) is 30.3 Å². The minimum Gasteiger partial charge on any atom is -0.465 e. The van der Waals surface area contributed by atoms with E-state index in [1.165, 1.54) is 14.2 Å². The standard InChI is InChI=1S/C18H15N3O4/c1-24-17(22)11-7-9-12(10-8-11)19-16-14-6-4-3-5-13(14)15(20-21-16)18(23)25-2/h3-10H,1-2H3,(H,19,21). The molecule has 1 aromatic heterocycles. The predicted octanol–water partition coefficient (Wildman–Crippen LogP) is 2.95. The number of nitrogens with zero attached hydrogens (tertiary/aromatic N) is 2. The molecule has 7 heteroatoms. The second kappa shape index (κ2) is 6.96. The molecule has 0 bridgehead atoms. The van der Waals surface area contributed by atoms with Crippen molar-refractivity contribution in [2.45, 2.75) is 0 Å². The predicted molar refractivity (Wildman–Crippen MR) is 91.9 cm³/mol. The normalized spacial score (nSPS) is 10.3. The van der Waals surface area contributed by atoms with Gasteiger partial charge in [0.25, 0.3) is 0 Å². The number of methoxy groups -OCH3 is 2. The van der Waals surface area contributed by atoms with Crippen LogP contribution in [0.3, 0.4) is 0 Å². The molecule has 0 unspecified atom stereocenters. The van der Waals surface area contributed by atoms with Crippen molar-refractivity contribution in [2.24, 2.45) is 0 Å². The zero-order valence-corrected chi connectivity index (χ0v) is 13.6. The summed E-state index contributed by atoms with van der Waals surface area (Å²) < 4.78 is 9.42. The van der Waals surface area contributed by atoms with Crippen LogP contribution in [-0.4, -0.2) is 36.4 Å². The molecule has 0 fully saturated rings. The first-order chi connectivity index (χ1) is 12.1. The summed E-state index contributed by atoms with van der Waals surface area (Å²) in [6.45, 7) is 0. The molecule has 7 nitrogen and oxygen atoms in total. The number of benzene rings is 2. The summed E-state index contributed by atoms with van der Waals surface area (Å²) in [6, 6.07) is 14.0.